The molecule has 1 atom stereocenters. The van der Waals surface area contributed by atoms with E-state index in [-0.39, 0.29) is 6.04 Å². The molecule has 2 heterocycles. The average molecular weight is 206 g/mol. The van der Waals surface area contributed by atoms with Gasteiger partial charge in [0.2, 0.25) is 0 Å². The van der Waals surface area contributed by atoms with Gasteiger partial charge in [-0.1, -0.05) is 0 Å². The minimum Gasteiger partial charge on any atom is -0.302 e. The number of aromatic amines is 1. The van der Waals surface area contributed by atoms with E-state index < -0.39 is 0 Å². The van der Waals surface area contributed by atoms with E-state index in [9.17, 15) is 0 Å². The lowest BCUT2D eigenvalue weighted by molar-refractivity contribution is 0.527. The molecule has 15 heavy (non-hydrogen) atoms. The largest absolute Gasteiger partial charge is 0.302 e. The Morgan fingerprint density at radius 2 is 2.47 bits per heavy atom. The van der Waals surface area contributed by atoms with Crippen molar-refractivity contribution in [3.05, 3.63) is 30.1 Å². The molecule has 0 aliphatic heterocycles. The highest BCUT2D eigenvalue weighted by Crippen LogP contribution is 2.05. The summed E-state index contributed by atoms with van der Waals surface area (Å²) in [6.07, 6.45) is 3.30. The van der Waals surface area contributed by atoms with Crippen LogP contribution in [0.15, 0.2) is 18.6 Å². The molecule has 0 amide bonds. The van der Waals surface area contributed by atoms with Gasteiger partial charge in [0, 0.05) is 19.8 Å². The molecular formula is C9H14N6. The van der Waals surface area contributed by atoms with Crippen LogP contribution in [0.4, 0.5) is 0 Å². The summed E-state index contributed by atoms with van der Waals surface area (Å²) in [6, 6.07) is 2.14. The van der Waals surface area contributed by atoms with Crippen molar-refractivity contribution in [1.82, 2.24) is 30.3 Å². The average Bonchev–Trinajstić information content (AvgIpc) is 2.85. The van der Waals surface area contributed by atoms with Crippen molar-refractivity contribution >= 4 is 0 Å². The molecule has 2 aromatic rings. The van der Waals surface area contributed by atoms with Gasteiger partial charge in [0.1, 0.15) is 12.2 Å². The van der Waals surface area contributed by atoms with Crippen molar-refractivity contribution in [2.24, 2.45) is 7.05 Å². The maximum Gasteiger partial charge on any atom is 0.141 e. The Bertz CT molecular complexity index is 404. The van der Waals surface area contributed by atoms with Gasteiger partial charge in [0.15, 0.2) is 0 Å². The number of nitrogens with zero attached hydrogens (tertiary/aromatic N) is 4. The molecule has 2 rings (SSSR count). The van der Waals surface area contributed by atoms with Crippen molar-refractivity contribution in [3.8, 4) is 0 Å². The quantitative estimate of drug-likeness (QED) is 0.759. The molecule has 0 radical (unpaired) electrons. The van der Waals surface area contributed by atoms with Crippen LogP contribution in [0.5, 0.6) is 0 Å². The Morgan fingerprint density at radius 1 is 1.60 bits per heavy atom. The maximum absolute atomic E-state index is 4.10. The van der Waals surface area contributed by atoms with Crippen LogP contribution in [0.3, 0.4) is 0 Å². The van der Waals surface area contributed by atoms with E-state index in [4.69, 9.17) is 0 Å². The Balaban J connectivity index is 1.91. The minimum absolute atomic E-state index is 0.155. The summed E-state index contributed by atoms with van der Waals surface area (Å²) in [5.41, 5.74) is 1.14. The third-order valence-corrected chi connectivity index (χ3v) is 2.36. The molecule has 0 aromatic carbocycles. The lowest BCUT2D eigenvalue weighted by Crippen LogP contribution is -2.20. The number of aromatic nitrogens is 5. The molecule has 1 unspecified atom stereocenters. The van der Waals surface area contributed by atoms with Crippen LogP contribution in [0.1, 0.15) is 24.5 Å². The van der Waals surface area contributed by atoms with Gasteiger partial charge in [-0.25, -0.2) is 4.98 Å². The maximum atomic E-state index is 4.10. The second kappa shape index (κ2) is 4.22. The number of nitrogens with one attached hydrogen (secondary N) is 2. The number of hydrogen-bond donors (Lipinski definition) is 2. The second-order valence-corrected chi connectivity index (χ2v) is 3.42. The number of hydrogen-bond acceptors (Lipinski definition) is 4. The van der Waals surface area contributed by atoms with Gasteiger partial charge in [-0.3, -0.25) is 9.78 Å². The number of aryl methyl sites for hydroxylation is 1. The molecular weight excluding hydrogens is 192 g/mol. The second-order valence-electron chi connectivity index (χ2n) is 3.42. The highest BCUT2D eigenvalue weighted by atomic mass is 15.3. The summed E-state index contributed by atoms with van der Waals surface area (Å²) in [5, 5.41) is 14.1. The summed E-state index contributed by atoms with van der Waals surface area (Å²) < 4.78 is 1.85. The first-order valence-corrected chi connectivity index (χ1v) is 4.83. The standard InChI is InChI=1S/C9H14N6/c1-7(9-11-6-12-14-9)10-5-8-3-4-13-15(8)2/h3-4,6-7,10H,5H2,1-2H3,(H,11,12,14). The molecule has 0 spiro atoms. The van der Waals surface area contributed by atoms with E-state index in [1.807, 2.05) is 24.7 Å². The van der Waals surface area contributed by atoms with Gasteiger partial charge < -0.3 is 5.32 Å². The smallest absolute Gasteiger partial charge is 0.141 e. The van der Waals surface area contributed by atoms with Gasteiger partial charge >= 0.3 is 0 Å². The first kappa shape index (κ1) is 9.85. The summed E-state index contributed by atoms with van der Waals surface area (Å²) >= 11 is 0. The van der Waals surface area contributed by atoms with Crippen LogP contribution in [0.25, 0.3) is 0 Å². The predicted octanol–water partition coefficient (Wildman–Crippen LogP) is 0.389. The Morgan fingerprint density at radius 3 is 3.07 bits per heavy atom. The molecule has 2 aromatic heterocycles. The SMILES string of the molecule is CC(NCc1ccnn1C)c1ncn[nH]1. The molecule has 80 valence electrons. The zero-order valence-electron chi connectivity index (χ0n) is 8.81. The Labute approximate surface area is 87.7 Å². The van der Waals surface area contributed by atoms with Crippen LogP contribution in [-0.2, 0) is 13.6 Å². The van der Waals surface area contributed by atoms with Crippen molar-refractivity contribution < 1.29 is 0 Å². The van der Waals surface area contributed by atoms with E-state index >= 15 is 0 Å². The highest BCUT2D eigenvalue weighted by Gasteiger charge is 2.08. The van der Waals surface area contributed by atoms with Crippen LogP contribution in [0, 0.1) is 0 Å². The van der Waals surface area contributed by atoms with Crippen molar-refractivity contribution in [1.29, 1.82) is 0 Å². The predicted molar refractivity (Wildman–Crippen MR) is 54.8 cm³/mol. The van der Waals surface area contributed by atoms with E-state index in [2.05, 4.69) is 25.6 Å². The fourth-order valence-corrected chi connectivity index (χ4v) is 1.35. The molecule has 0 saturated carbocycles. The van der Waals surface area contributed by atoms with Crippen LogP contribution < -0.4 is 5.32 Å². The zero-order chi connectivity index (χ0) is 10.7. The topological polar surface area (TPSA) is 71.4 Å². The molecule has 0 bridgehead atoms. The van der Waals surface area contributed by atoms with Crippen molar-refractivity contribution in [2.75, 3.05) is 0 Å². The van der Waals surface area contributed by atoms with Gasteiger partial charge in [0.25, 0.3) is 0 Å². The van der Waals surface area contributed by atoms with Crippen LogP contribution >= 0.6 is 0 Å². The molecule has 6 nitrogen and oxygen atoms in total. The third-order valence-electron chi connectivity index (χ3n) is 2.36. The summed E-state index contributed by atoms with van der Waals surface area (Å²) in [4.78, 5) is 4.09. The fraction of sp³-hybridized carbons (Fsp3) is 0.444. The van der Waals surface area contributed by atoms with Gasteiger partial charge in [-0.2, -0.15) is 10.2 Å². The lowest BCUT2D eigenvalue weighted by atomic mass is 10.3. The molecule has 0 aliphatic carbocycles. The normalized spacial score (nSPS) is 12.9. The van der Waals surface area contributed by atoms with E-state index in [0.717, 1.165) is 18.1 Å². The Hall–Kier alpha value is -1.69. The first-order chi connectivity index (χ1) is 7.27. The number of rotatable bonds is 4. The van der Waals surface area contributed by atoms with E-state index in [0.29, 0.717) is 0 Å². The third kappa shape index (κ3) is 2.21. The summed E-state index contributed by atoms with van der Waals surface area (Å²) in [6.45, 7) is 2.80. The zero-order valence-corrected chi connectivity index (χ0v) is 8.81. The van der Waals surface area contributed by atoms with Crippen molar-refractivity contribution in [2.45, 2.75) is 19.5 Å². The van der Waals surface area contributed by atoms with E-state index in [1.54, 1.807) is 6.20 Å². The van der Waals surface area contributed by atoms with Crippen LogP contribution in [-0.4, -0.2) is 25.0 Å². The van der Waals surface area contributed by atoms with Crippen LogP contribution in [0.2, 0.25) is 0 Å². The minimum atomic E-state index is 0.155. The molecule has 2 N–H and O–H groups in total. The summed E-state index contributed by atoms with van der Waals surface area (Å²) in [5.74, 6) is 0.845. The Kier molecular flexibility index (Phi) is 2.77. The highest BCUT2D eigenvalue weighted by molar-refractivity contribution is 5.00. The molecule has 0 aliphatic rings. The monoisotopic (exact) mass is 206 g/mol. The fourth-order valence-electron chi connectivity index (χ4n) is 1.35. The van der Waals surface area contributed by atoms with Gasteiger partial charge in [-0.05, 0) is 13.0 Å². The van der Waals surface area contributed by atoms with Crippen molar-refractivity contribution in [3.63, 3.8) is 0 Å². The molecule has 0 saturated heterocycles. The summed E-state index contributed by atoms with van der Waals surface area (Å²) in [7, 11) is 1.93. The first-order valence-electron chi connectivity index (χ1n) is 4.83. The molecule has 6 heteroatoms. The number of H-pyrrole nitrogens is 1. The molecule has 0 fully saturated rings. The van der Waals surface area contributed by atoms with Gasteiger partial charge in [0.05, 0.1) is 11.7 Å². The van der Waals surface area contributed by atoms with E-state index in [1.165, 1.54) is 6.33 Å². The van der Waals surface area contributed by atoms with Gasteiger partial charge in [-0.15, -0.1) is 0 Å². The lowest BCUT2D eigenvalue weighted by Gasteiger charge is -2.10.